The lowest BCUT2D eigenvalue weighted by Gasteiger charge is -2.09. The Morgan fingerprint density at radius 3 is 3.19 bits per heavy atom. The number of carbonyl (C=O) groups is 1. The highest BCUT2D eigenvalue weighted by Gasteiger charge is 2.18. The Morgan fingerprint density at radius 2 is 2.38 bits per heavy atom. The molecule has 3 rings (SSSR count). The second kappa shape index (κ2) is 5.77. The van der Waals surface area contributed by atoms with Crippen molar-refractivity contribution in [2.45, 2.75) is 19.9 Å². The molecule has 0 aliphatic carbocycles. The van der Waals surface area contributed by atoms with Gasteiger partial charge in [-0.3, -0.25) is 4.68 Å². The van der Waals surface area contributed by atoms with Crippen molar-refractivity contribution in [2.24, 2.45) is 0 Å². The first kappa shape index (κ1) is 13.9. The lowest BCUT2D eigenvalue weighted by molar-refractivity contribution is 0.0526. The van der Waals surface area contributed by atoms with Crippen LogP contribution in [0.5, 0.6) is 5.75 Å². The summed E-state index contributed by atoms with van der Waals surface area (Å²) in [6.07, 6.45) is 4.04. The quantitative estimate of drug-likeness (QED) is 0.815. The Hall–Kier alpha value is -2.01. The minimum Gasteiger partial charge on any atom is -0.493 e. The van der Waals surface area contributed by atoms with E-state index >= 15 is 0 Å². The van der Waals surface area contributed by atoms with E-state index in [0.717, 1.165) is 23.3 Å². The van der Waals surface area contributed by atoms with Gasteiger partial charge < -0.3 is 9.47 Å². The number of benzene rings is 1. The molecular weight excluding hydrogens is 292 g/mol. The molecule has 0 saturated heterocycles. The molecule has 110 valence electrons. The van der Waals surface area contributed by atoms with Crippen molar-refractivity contribution in [3.63, 3.8) is 0 Å². The zero-order valence-electron chi connectivity index (χ0n) is 11.6. The third-order valence-electron chi connectivity index (χ3n) is 3.30. The van der Waals surface area contributed by atoms with Gasteiger partial charge in [-0.2, -0.15) is 5.10 Å². The Morgan fingerprint density at radius 1 is 1.52 bits per heavy atom. The van der Waals surface area contributed by atoms with Gasteiger partial charge in [0.2, 0.25) is 0 Å². The van der Waals surface area contributed by atoms with E-state index in [1.54, 1.807) is 17.8 Å². The smallest absolute Gasteiger partial charge is 0.341 e. The van der Waals surface area contributed by atoms with E-state index < -0.39 is 0 Å². The van der Waals surface area contributed by atoms with E-state index in [0.29, 0.717) is 30.3 Å². The third kappa shape index (κ3) is 2.88. The second-order valence-electron chi connectivity index (χ2n) is 4.80. The number of aromatic nitrogens is 2. The van der Waals surface area contributed by atoms with Crippen molar-refractivity contribution in [3.8, 4) is 5.75 Å². The molecule has 0 amide bonds. The van der Waals surface area contributed by atoms with Crippen LogP contribution in [-0.4, -0.2) is 29.0 Å². The van der Waals surface area contributed by atoms with Gasteiger partial charge in [0.05, 0.1) is 31.5 Å². The summed E-state index contributed by atoms with van der Waals surface area (Å²) >= 11 is 6.13. The van der Waals surface area contributed by atoms with Crippen LogP contribution in [0, 0.1) is 0 Å². The number of hydrogen-bond acceptors (Lipinski definition) is 4. The topological polar surface area (TPSA) is 53.3 Å². The SMILES string of the molecule is CCOC(=O)c1cnn(Cc2cc(Cl)cc3c2OCC3)c1. The molecule has 2 aromatic rings. The molecule has 21 heavy (non-hydrogen) atoms. The molecule has 5 nitrogen and oxygen atoms in total. The van der Waals surface area contributed by atoms with Crippen LogP contribution in [0.1, 0.15) is 28.4 Å². The van der Waals surface area contributed by atoms with Crippen molar-refractivity contribution in [3.05, 3.63) is 46.2 Å². The van der Waals surface area contributed by atoms with Gasteiger partial charge in [0, 0.05) is 23.2 Å². The summed E-state index contributed by atoms with van der Waals surface area (Å²) in [4.78, 5) is 11.6. The first-order valence-corrected chi connectivity index (χ1v) is 7.19. The Bertz CT molecular complexity index is 682. The highest BCUT2D eigenvalue weighted by atomic mass is 35.5. The highest BCUT2D eigenvalue weighted by Crippen LogP contribution is 2.33. The van der Waals surface area contributed by atoms with E-state index in [9.17, 15) is 4.79 Å². The van der Waals surface area contributed by atoms with Crippen LogP contribution in [0.3, 0.4) is 0 Å². The van der Waals surface area contributed by atoms with Gasteiger partial charge >= 0.3 is 5.97 Å². The van der Waals surface area contributed by atoms with Gasteiger partial charge in [-0.1, -0.05) is 11.6 Å². The molecule has 0 atom stereocenters. The van der Waals surface area contributed by atoms with Gasteiger partial charge in [0.15, 0.2) is 0 Å². The van der Waals surface area contributed by atoms with Crippen molar-refractivity contribution in [1.29, 1.82) is 0 Å². The molecule has 0 unspecified atom stereocenters. The molecule has 0 fully saturated rings. The predicted octanol–water partition coefficient (Wildman–Crippen LogP) is 2.70. The van der Waals surface area contributed by atoms with Crippen molar-refractivity contribution >= 4 is 17.6 Å². The van der Waals surface area contributed by atoms with Gasteiger partial charge in [0.1, 0.15) is 5.75 Å². The summed E-state index contributed by atoms with van der Waals surface area (Å²) < 4.78 is 12.3. The van der Waals surface area contributed by atoms with E-state index in [2.05, 4.69) is 5.10 Å². The maximum Gasteiger partial charge on any atom is 0.341 e. The summed E-state index contributed by atoms with van der Waals surface area (Å²) in [7, 11) is 0. The molecular formula is C15H15ClN2O3. The number of ether oxygens (including phenoxy) is 2. The number of halogens is 1. The third-order valence-corrected chi connectivity index (χ3v) is 3.52. The maximum atomic E-state index is 11.6. The average Bonchev–Trinajstić information content (AvgIpc) is 3.07. The molecule has 0 N–H and O–H groups in total. The summed E-state index contributed by atoms with van der Waals surface area (Å²) in [5.74, 6) is 0.518. The first-order chi connectivity index (χ1) is 10.2. The van der Waals surface area contributed by atoms with E-state index in [4.69, 9.17) is 21.1 Å². The molecule has 1 aliphatic rings. The lowest BCUT2D eigenvalue weighted by atomic mass is 10.1. The standard InChI is InChI=1S/C15H15ClN2O3/c1-2-20-15(19)12-7-17-18(9-12)8-11-6-13(16)5-10-3-4-21-14(10)11/h5-7,9H,2-4,8H2,1H3. The molecule has 1 aliphatic heterocycles. The number of esters is 1. The van der Waals surface area contributed by atoms with Crippen LogP contribution < -0.4 is 4.74 Å². The maximum absolute atomic E-state index is 11.6. The molecule has 0 bridgehead atoms. The second-order valence-corrected chi connectivity index (χ2v) is 5.24. The van der Waals surface area contributed by atoms with Crippen molar-refractivity contribution < 1.29 is 14.3 Å². The minimum atomic E-state index is -0.365. The molecule has 1 aromatic carbocycles. The lowest BCUT2D eigenvalue weighted by Crippen LogP contribution is -2.04. The molecule has 0 radical (unpaired) electrons. The molecule has 0 spiro atoms. The Labute approximate surface area is 127 Å². The molecule has 2 heterocycles. The zero-order valence-corrected chi connectivity index (χ0v) is 12.4. The van der Waals surface area contributed by atoms with Crippen LogP contribution in [-0.2, 0) is 17.7 Å². The van der Waals surface area contributed by atoms with Gasteiger partial charge in [-0.15, -0.1) is 0 Å². The largest absolute Gasteiger partial charge is 0.493 e. The first-order valence-electron chi connectivity index (χ1n) is 6.81. The van der Waals surface area contributed by atoms with E-state index in [-0.39, 0.29) is 5.97 Å². The fraction of sp³-hybridized carbons (Fsp3) is 0.333. The fourth-order valence-corrected chi connectivity index (χ4v) is 2.67. The highest BCUT2D eigenvalue weighted by molar-refractivity contribution is 6.30. The molecule has 6 heteroatoms. The van der Waals surface area contributed by atoms with E-state index in [1.165, 1.54) is 6.20 Å². The normalized spacial score (nSPS) is 12.9. The molecule has 0 saturated carbocycles. The minimum absolute atomic E-state index is 0.347. The van der Waals surface area contributed by atoms with Crippen LogP contribution in [0.25, 0.3) is 0 Å². The number of fused-ring (bicyclic) bond motifs is 1. The average molecular weight is 307 g/mol. The predicted molar refractivity (Wildman–Crippen MR) is 77.9 cm³/mol. The van der Waals surface area contributed by atoms with Crippen LogP contribution in [0.15, 0.2) is 24.5 Å². The number of hydrogen-bond donors (Lipinski definition) is 0. The summed E-state index contributed by atoms with van der Waals surface area (Å²) in [6, 6.07) is 3.80. The Kier molecular flexibility index (Phi) is 3.84. The number of rotatable bonds is 4. The summed E-state index contributed by atoms with van der Waals surface area (Å²) in [5, 5.41) is 4.87. The van der Waals surface area contributed by atoms with Gasteiger partial charge in [-0.25, -0.2) is 4.79 Å². The van der Waals surface area contributed by atoms with Crippen LogP contribution in [0.2, 0.25) is 5.02 Å². The van der Waals surface area contributed by atoms with Gasteiger partial charge in [-0.05, 0) is 24.6 Å². The molecule has 1 aromatic heterocycles. The van der Waals surface area contributed by atoms with Crippen molar-refractivity contribution in [1.82, 2.24) is 9.78 Å². The van der Waals surface area contributed by atoms with Crippen molar-refractivity contribution in [2.75, 3.05) is 13.2 Å². The Balaban J connectivity index is 1.83. The fourth-order valence-electron chi connectivity index (χ4n) is 2.41. The monoisotopic (exact) mass is 306 g/mol. The van der Waals surface area contributed by atoms with Gasteiger partial charge in [0.25, 0.3) is 0 Å². The van der Waals surface area contributed by atoms with Crippen LogP contribution in [0.4, 0.5) is 0 Å². The van der Waals surface area contributed by atoms with E-state index in [1.807, 2.05) is 12.1 Å². The number of carbonyl (C=O) groups excluding carboxylic acids is 1. The summed E-state index contributed by atoms with van der Waals surface area (Å²) in [6.45, 7) is 3.30. The number of nitrogens with zero attached hydrogens (tertiary/aromatic N) is 2. The van der Waals surface area contributed by atoms with Crippen LogP contribution >= 0.6 is 11.6 Å². The summed E-state index contributed by atoms with van der Waals surface area (Å²) in [5.41, 5.74) is 2.53. The zero-order chi connectivity index (χ0) is 14.8.